The number of benzene rings is 1. The van der Waals surface area contributed by atoms with Crippen LogP contribution in [0.15, 0.2) is 24.3 Å². The summed E-state index contributed by atoms with van der Waals surface area (Å²) in [4.78, 5) is 22.5. The number of amides is 1. The van der Waals surface area contributed by atoms with Crippen molar-refractivity contribution in [2.24, 2.45) is 0 Å². The van der Waals surface area contributed by atoms with Crippen LogP contribution in [-0.4, -0.2) is 43.4 Å². The highest BCUT2D eigenvalue weighted by Crippen LogP contribution is 2.22. The highest BCUT2D eigenvalue weighted by molar-refractivity contribution is 5.88. The second kappa shape index (κ2) is 7.12. The minimum atomic E-state index is -5.19. The minimum absolute atomic E-state index is 0.110. The molecule has 0 aliphatic carbocycles. The van der Waals surface area contributed by atoms with Crippen molar-refractivity contribution < 1.29 is 37.3 Å². The maximum Gasteiger partial charge on any atom is 0.471 e. The van der Waals surface area contributed by atoms with Gasteiger partial charge in [0.05, 0.1) is 14.2 Å². The third kappa shape index (κ3) is 4.35. The first kappa shape index (κ1) is 17.8. The molecule has 122 valence electrons. The summed E-state index contributed by atoms with van der Waals surface area (Å²) in [6.45, 7) is 0. The fourth-order valence-corrected chi connectivity index (χ4v) is 1.61. The maximum atomic E-state index is 12.3. The molecule has 0 bridgehead atoms. The van der Waals surface area contributed by atoms with Crippen molar-refractivity contribution in [3.63, 3.8) is 0 Å². The van der Waals surface area contributed by atoms with Gasteiger partial charge in [-0.3, -0.25) is 4.79 Å². The summed E-state index contributed by atoms with van der Waals surface area (Å²) in [5.41, 5.74) is 0.110. The molecule has 22 heavy (non-hydrogen) atoms. The zero-order valence-corrected chi connectivity index (χ0v) is 11.7. The Kier molecular flexibility index (Phi) is 5.75. The van der Waals surface area contributed by atoms with Crippen LogP contribution >= 0.6 is 0 Å². The normalized spacial score (nSPS) is 13.9. The molecule has 0 heterocycles. The molecular formula is C13H14F3NO5. The number of carbonyl (C=O) groups excluding carboxylic acids is 2. The van der Waals surface area contributed by atoms with Crippen molar-refractivity contribution in [1.82, 2.24) is 5.32 Å². The minimum Gasteiger partial charge on any atom is -0.497 e. The molecule has 6 nitrogen and oxygen atoms in total. The van der Waals surface area contributed by atoms with E-state index in [1.54, 1.807) is 0 Å². The Morgan fingerprint density at radius 2 is 1.73 bits per heavy atom. The van der Waals surface area contributed by atoms with Crippen LogP contribution in [0, 0.1) is 0 Å². The second-order valence-corrected chi connectivity index (χ2v) is 4.19. The number of ether oxygens (including phenoxy) is 2. The Labute approximate surface area is 123 Å². The first-order valence-electron chi connectivity index (χ1n) is 5.98. The van der Waals surface area contributed by atoms with E-state index in [9.17, 15) is 27.9 Å². The van der Waals surface area contributed by atoms with E-state index in [1.165, 1.54) is 36.7 Å². The van der Waals surface area contributed by atoms with Gasteiger partial charge in [-0.25, -0.2) is 4.79 Å². The number of methoxy groups -OCH3 is 2. The number of halogens is 3. The molecule has 0 aliphatic heterocycles. The summed E-state index contributed by atoms with van der Waals surface area (Å²) in [7, 11) is 2.34. The summed E-state index contributed by atoms with van der Waals surface area (Å²) in [6, 6.07) is 3.68. The van der Waals surface area contributed by atoms with Crippen molar-refractivity contribution in [3.8, 4) is 5.75 Å². The molecule has 0 saturated carbocycles. The Balaban J connectivity index is 2.99. The number of aliphatic hydroxyl groups is 1. The Hall–Kier alpha value is -2.29. The number of alkyl halides is 3. The summed E-state index contributed by atoms with van der Waals surface area (Å²) in [6.07, 6.45) is -6.91. The summed E-state index contributed by atoms with van der Waals surface area (Å²) < 4.78 is 46.0. The van der Waals surface area contributed by atoms with Gasteiger partial charge in [-0.2, -0.15) is 13.2 Å². The molecule has 1 rings (SSSR count). The quantitative estimate of drug-likeness (QED) is 0.789. The van der Waals surface area contributed by atoms with Gasteiger partial charge in [-0.1, -0.05) is 12.1 Å². The van der Waals surface area contributed by atoms with Crippen LogP contribution in [0.4, 0.5) is 13.2 Å². The van der Waals surface area contributed by atoms with Gasteiger partial charge in [0.1, 0.15) is 11.9 Å². The SMILES string of the molecule is COC(=O)C(NC(=O)C(F)(F)F)C(O)c1ccc(OC)cc1. The van der Waals surface area contributed by atoms with Gasteiger partial charge in [0.15, 0.2) is 6.04 Å². The van der Waals surface area contributed by atoms with E-state index in [0.717, 1.165) is 7.11 Å². The molecule has 0 aromatic heterocycles. The highest BCUT2D eigenvalue weighted by Gasteiger charge is 2.42. The molecule has 0 radical (unpaired) electrons. The van der Waals surface area contributed by atoms with Gasteiger partial charge in [0.2, 0.25) is 0 Å². The third-order valence-corrected chi connectivity index (χ3v) is 2.77. The fourth-order valence-electron chi connectivity index (χ4n) is 1.61. The molecule has 0 aliphatic rings. The standard InChI is InChI=1S/C13H14F3NO5/c1-21-8-5-3-7(4-6-8)10(18)9(11(19)22-2)17-12(20)13(14,15)16/h3-6,9-10,18H,1-2H3,(H,17,20). The van der Waals surface area contributed by atoms with Crippen LogP contribution in [0.5, 0.6) is 5.75 Å². The van der Waals surface area contributed by atoms with Crippen molar-refractivity contribution in [3.05, 3.63) is 29.8 Å². The number of nitrogens with one attached hydrogen (secondary N) is 1. The number of aliphatic hydroxyl groups excluding tert-OH is 1. The predicted octanol–water partition coefficient (Wildman–Crippen LogP) is 0.949. The first-order valence-corrected chi connectivity index (χ1v) is 5.98. The molecular weight excluding hydrogens is 307 g/mol. The number of hydrogen-bond acceptors (Lipinski definition) is 5. The van der Waals surface area contributed by atoms with E-state index in [-0.39, 0.29) is 5.56 Å². The fraction of sp³-hybridized carbons (Fsp3) is 0.385. The molecule has 1 aromatic carbocycles. The number of esters is 1. The summed E-state index contributed by atoms with van der Waals surface area (Å²) >= 11 is 0. The lowest BCUT2D eigenvalue weighted by atomic mass is 10.0. The maximum absolute atomic E-state index is 12.3. The zero-order valence-electron chi connectivity index (χ0n) is 11.7. The average Bonchev–Trinajstić information content (AvgIpc) is 2.50. The average molecular weight is 321 g/mol. The number of hydrogen-bond donors (Lipinski definition) is 2. The largest absolute Gasteiger partial charge is 0.497 e. The van der Waals surface area contributed by atoms with Crippen LogP contribution in [0.25, 0.3) is 0 Å². The van der Waals surface area contributed by atoms with E-state index >= 15 is 0 Å². The van der Waals surface area contributed by atoms with Crippen LogP contribution in [0.2, 0.25) is 0 Å². The van der Waals surface area contributed by atoms with E-state index in [2.05, 4.69) is 4.74 Å². The monoisotopic (exact) mass is 321 g/mol. The number of rotatable bonds is 5. The Morgan fingerprint density at radius 3 is 2.14 bits per heavy atom. The van der Waals surface area contributed by atoms with Crippen LogP contribution in [0.3, 0.4) is 0 Å². The molecule has 2 N–H and O–H groups in total. The zero-order chi connectivity index (χ0) is 16.9. The van der Waals surface area contributed by atoms with Gasteiger partial charge < -0.3 is 19.9 Å². The van der Waals surface area contributed by atoms with Crippen molar-refractivity contribution in [2.45, 2.75) is 18.3 Å². The second-order valence-electron chi connectivity index (χ2n) is 4.19. The van der Waals surface area contributed by atoms with Gasteiger partial charge >= 0.3 is 18.1 Å². The molecule has 1 amide bonds. The van der Waals surface area contributed by atoms with Gasteiger partial charge in [0.25, 0.3) is 0 Å². The van der Waals surface area contributed by atoms with E-state index in [0.29, 0.717) is 5.75 Å². The molecule has 0 fully saturated rings. The van der Waals surface area contributed by atoms with Crippen LogP contribution in [0.1, 0.15) is 11.7 Å². The summed E-state index contributed by atoms with van der Waals surface area (Å²) in [5, 5.41) is 11.5. The van der Waals surface area contributed by atoms with Crippen molar-refractivity contribution >= 4 is 11.9 Å². The topological polar surface area (TPSA) is 84.9 Å². The number of carbonyl (C=O) groups is 2. The molecule has 9 heteroatoms. The van der Waals surface area contributed by atoms with Crippen molar-refractivity contribution in [2.75, 3.05) is 14.2 Å². The van der Waals surface area contributed by atoms with E-state index in [1.807, 2.05) is 0 Å². The van der Waals surface area contributed by atoms with Gasteiger partial charge in [-0.05, 0) is 17.7 Å². The lowest BCUT2D eigenvalue weighted by Gasteiger charge is -2.22. The predicted molar refractivity (Wildman–Crippen MR) is 68.0 cm³/mol. The van der Waals surface area contributed by atoms with Crippen LogP contribution in [-0.2, 0) is 14.3 Å². The van der Waals surface area contributed by atoms with Gasteiger partial charge in [0, 0.05) is 0 Å². The Morgan fingerprint density at radius 1 is 1.18 bits per heavy atom. The highest BCUT2D eigenvalue weighted by atomic mass is 19.4. The molecule has 2 atom stereocenters. The third-order valence-electron chi connectivity index (χ3n) is 2.77. The smallest absolute Gasteiger partial charge is 0.471 e. The summed E-state index contributed by atoms with van der Waals surface area (Å²) in [5.74, 6) is -3.11. The molecule has 2 unspecified atom stereocenters. The van der Waals surface area contributed by atoms with Crippen LogP contribution < -0.4 is 10.1 Å². The Bertz CT molecular complexity index is 529. The molecule has 1 aromatic rings. The first-order chi connectivity index (χ1) is 10.2. The lowest BCUT2D eigenvalue weighted by Crippen LogP contribution is -2.50. The van der Waals surface area contributed by atoms with Gasteiger partial charge in [-0.15, -0.1) is 0 Å². The van der Waals surface area contributed by atoms with E-state index in [4.69, 9.17) is 4.74 Å². The van der Waals surface area contributed by atoms with E-state index < -0.39 is 30.2 Å². The molecule has 0 saturated heterocycles. The van der Waals surface area contributed by atoms with Crippen molar-refractivity contribution in [1.29, 1.82) is 0 Å². The molecule has 0 spiro atoms. The lowest BCUT2D eigenvalue weighted by molar-refractivity contribution is -0.177.